The van der Waals surface area contributed by atoms with Gasteiger partial charge in [0.25, 0.3) is 0 Å². The largest absolute Gasteiger partial charge is 0.444 e. The number of carbonyl (C=O) groups is 1. The van der Waals surface area contributed by atoms with Gasteiger partial charge in [-0.05, 0) is 46.5 Å². The second kappa shape index (κ2) is 8.50. The molecule has 0 spiro atoms. The van der Waals surface area contributed by atoms with E-state index >= 15 is 0 Å². The van der Waals surface area contributed by atoms with Gasteiger partial charge in [-0.3, -0.25) is 0 Å². The van der Waals surface area contributed by atoms with E-state index in [4.69, 9.17) is 4.74 Å². The summed E-state index contributed by atoms with van der Waals surface area (Å²) in [5, 5.41) is 6.63. The third-order valence-corrected chi connectivity index (χ3v) is 3.83. The van der Waals surface area contributed by atoms with Crippen LogP contribution in [0.25, 0.3) is 0 Å². The van der Waals surface area contributed by atoms with E-state index in [-0.39, 0.29) is 11.6 Å². The third kappa shape index (κ3) is 7.13. The predicted octanol–water partition coefficient (Wildman–Crippen LogP) is 3.85. The van der Waals surface area contributed by atoms with Crippen LogP contribution in [0.15, 0.2) is 0 Å². The smallest absolute Gasteiger partial charge is 0.408 e. The highest BCUT2D eigenvalue weighted by molar-refractivity contribution is 5.68. The molecule has 4 nitrogen and oxygen atoms in total. The van der Waals surface area contributed by atoms with Crippen molar-refractivity contribution in [3.05, 3.63) is 0 Å². The van der Waals surface area contributed by atoms with Gasteiger partial charge in [0, 0.05) is 12.6 Å². The quantitative estimate of drug-likeness (QED) is 0.712. The maximum Gasteiger partial charge on any atom is 0.408 e. The molecule has 0 aliphatic carbocycles. The Balaban J connectivity index is 4.63. The van der Waals surface area contributed by atoms with Crippen molar-refractivity contribution in [1.82, 2.24) is 10.6 Å². The molecule has 0 radical (unpaired) electrons. The normalized spacial score (nSPS) is 12.6. The lowest BCUT2D eigenvalue weighted by molar-refractivity contribution is 0.0444. The van der Waals surface area contributed by atoms with Gasteiger partial charge in [0.15, 0.2) is 0 Å². The van der Waals surface area contributed by atoms with Crippen LogP contribution in [-0.4, -0.2) is 29.8 Å². The van der Waals surface area contributed by atoms with Gasteiger partial charge in [-0.25, -0.2) is 4.79 Å². The number of hydrogen-bond acceptors (Lipinski definition) is 3. The molecule has 0 aromatic heterocycles. The zero-order valence-corrected chi connectivity index (χ0v) is 14.4. The molecule has 0 unspecified atom stereocenters. The molecule has 0 aromatic rings. The van der Waals surface area contributed by atoms with Gasteiger partial charge in [0.2, 0.25) is 0 Å². The van der Waals surface area contributed by atoms with Crippen LogP contribution in [0.5, 0.6) is 0 Å². The minimum atomic E-state index is -0.458. The first-order valence-electron chi connectivity index (χ1n) is 7.96. The molecule has 0 heterocycles. The molecule has 0 aromatic carbocycles. The zero-order valence-electron chi connectivity index (χ0n) is 14.4. The first-order valence-corrected chi connectivity index (χ1v) is 7.96. The van der Waals surface area contributed by atoms with E-state index in [1.165, 1.54) is 0 Å². The lowest BCUT2D eigenvalue weighted by Crippen LogP contribution is -2.56. The lowest BCUT2D eigenvalue weighted by Gasteiger charge is -2.35. The second-order valence-corrected chi connectivity index (χ2v) is 6.51. The van der Waals surface area contributed by atoms with Crippen LogP contribution in [0, 0.1) is 0 Å². The maximum atomic E-state index is 12.0. The summed E-state index contributed by atoms with van der Waals surface area (Å²) in [7, 11) is 0. The molecule has 2 N–H and O–H groups in total. The maximum absolute atomic E-state index is 12.0. The first-order chi connectivity index (χ1) is 9.21. The number of nitrogens with one attached hydrogen (secondary N) is 2. The van der Waals surface area contributed by atoms with Crippen LogP contribution < -0.4 is 10.6 Å². The Hall–Kier alpha value is -0.770. The average Bonchev–Trinajstić information content (AvgIpc) is 2.36. The van der Waals surface area contributed by atoms with Crippen LogP contribution in [0.2, 0.25) is 0 Å². The second-order valence-electron chi connectivity index (χ2n) is 6.51. The molecule has 120 valence electrons. The van der Waals surface area contributed by atoms with Crippen molar-refractivity contribution in [2.75, 3.05) is 6.54 Å². The first kappa shape index (κ1) is 19.2. The Morgan fingerprint density at radius 3 is 1.90 bits per heavy atom. The van der Waals surface area contributed by atoms with Crippen LogP contribution in [0.3, 0.4) is 0 Å². The molecular formula is C16H34N2O2. The van der Waals surface area contributed by atoms with Crippen LogP contribution in [0.4, 0.5) is 4.79 Å². The van der Waals surface area contributed by atoms with Crippen molar-refractivity contribution in [2.45, 2.75) is 91.3 Å². The summed E-state index contributed by atoms with van der Waals surface area (Å²) in [5.74, 6) is 0. The summed E-state index contributed by atoms with van der Waals surface area (Å²) >= 11 is 0. The van der Waals surface area contributed by atoms with Crippen LogP contribution in [0.1, 0.15) is 74.1 Å². The minimum absolute atomic E-state index is 0.231. The molecule has 0 saturated carbocycles. The number of ether oxygens (including phenoxy) is 1. The molecule has 0 saturated heterocycles. The number of hydrogen-bond donors (Lipinski definition) is 2. The van der Waals surface area contributed by atoms with Gasteiger partial charge in [-0.2, -0.15) is 0 Å². The van der Waals surface area contributed by atoms with Crippen molar-refractivity contribution in [1.29, 1.82) is 0 Å². The molecule has 0 bridgehead atoms. The summed E-state index contributed by atoms with van der Waals surface area (Å²) in [6.45, 7) is 15.0. The van der Waals surface area contributed by atoms with Crippen molar-refractivity contribution in [2.24, 2.45) is 0 Å². The van der Waals surface area contributed by atoms with E-state index in [2.05, 4.69) is 38.3 Å². The fourth-order valence-corrected chi connectivity index (χ4v) is 2.16. The molecular weight excluding hydrogens is 252 g/mol. The molecule has 1 amide bonds. The molecule has 0 aliphatic heterocycles. The topological polar surface area (TPSA) is 50.4 Å². The number of carbonyl (C=O) groups excluding carboxylic acids is 1. The van der Waals surface area contributed by atoms with Gasteiger partial charge >= 0.3 is 6.09 Å². The Morgan fingerprint density at radius 1 is 1.05 bits per heavy atom. The Kier molecular flexibility index (Phi) is 8.17. The molecule has 0 aliphatic rings. The highest BCUT2D eigenvalue weighted by Gasteiger charge is 2.30. The molecule has 0 rings (SSSR count). The van der Waals surface area contributed by atoms with Crippen molar-refractivity contribution < 1.29 is 9.53 Å². The van der Waals surface area contributed by atoms with Crippen LogP contribution >= 0.6 is 0 Å². The third-order valence-electron chi connectivity index (χ3n) is 3.83. The summed E-state index contributed by atoms with van der Waals surface area (Å²) in [6.07, 6.45) is 3.65. The van der Waals surface area contributed by atoms with Gasteiger partial charge in [-0.1, -0.05) is 27.7 Å². The molecule has 0 atom stereocenters. The highest BCUT2D eigenvalue weighted by Crippen LogP contribution is 2.17. The van der Waals surface area contributed by atoms with Crippen LogP contribution in [-0.2, 0) is 4.74 Å². The number of rotatable bonds is 8. The van der Waals surface area contributed by atoms with Gasteiger partial charge in [0.05, 0.1) is 5.54 Å². The van der Waals surface area contributed by atoms with Crippen molar-refractivity contribution in [3.8, 4) is 0 Å². The van der Waals surface area contributed by atoms with E-state index in [0.29, 0.717) is 6.04 Å². The summed E-state index contributed by atoms with van der Waals surface area (Å²) in [4.78, 5) is 12.0. The van der Waals surface area contributed by atoms with Gasteiger partial charge in [0.1, 0.15) is 5.60 Å². The Labute approximate surface area is 125 Å². The fourth-order valence-electron chi connectivity index (χ4n) is 2.16. The van der Waals surface area contributed by atoms with Gasteiger partial charge in [-0.15, -0.1) is 0 Å². The SMILES string of the molecule is CCC(CC)NCC(CC)(CC)NC(=O)OC(C)(C)C. The summed E-state index contributed by atoms with van der Waals surface area (Å²) < 4.78 is 5.38. The zero-order chi connectivity index (χ0) is 15.8. The van der Waals surface area contributed by atoms with E-state index in [1.54, 1.807) is 0 Å². The Bertz CT molecular complexity index is 277. The van der Waals surface area contributed by atoms with E-state index in [1.807, 2.05) is 20.8 Å². The standard InChI is InChI=1S/C16H34N2O2/c1-8-13(9-2)17-12-16(10-3,11-4)18-14(19)20-15(5,6)7/h13,17H,8-12H2,1-7H3,(H,18,19). The summed E-state index contributed by atoms with van der Waals surface area (Å²) in [5.41, 5.74) is -0.689. The predicted molar refractivity (Wildman–Crippen MR) is 85.1 cm³/mol. The summed E-state index contributed by atoms with van der Waals surface area (Å²) in [6, 6.07) is 0.507. The van der Waals surface area contributed by atoms with Gasteiger partial charge < -0.3 is 15.4 Å². The molecule has 4 heteroatoms. The fraction of sp³-hybridized carbons (Fsp3) is 0.938. The highest BCUT2D eigenvalue weighted by atomic mass is 16.6. The van der Waals surface area contributed by atoms with Crippen molar-refractivity contribution >= 4 is 6.09 Å². The minimum Gasteiger partial charge on any atom is -0.444 e. The van der Waals surface area contributed by atoms with E-state index in [0.717, 1.165) is 32.2 Å². The Morgan fingerprint density at radius 2 is 1.55 bits per heavy atom. The number of alkyl carbamates (subject to hydrolysis) is 1. The molecule has 0 fully saturated rings. The average molecular weight is 286 g/mol. The van der Waals surface area contributed by atoms with E-state index < -0.39 is 5.60 Å². The molecule has 20 heavy (non-hydrogen) atoms. The number of amides is 1. The van der Waals surface area contributed by atoms with E-state index in [9.17, 15) is 4.79 Å². The lowest BCUT2D eigenvalue weighted by atomic mass is 9.92. The monoisotopic (exact) mass is 286 g/mol. The van der Waals surface area contributed by atoms with Crippen molar-refractivity contribution in [3.63, 3.8) is 0 Å².